The van der Waals surface area contributed by atoms with Crippen molar-refractivity contribution in [2.24, 2.45) is 0 Å². The summed E-state index contributed by atoms with van der Waals surface area (Å²) in [7, 11) is 0. The lowest BCUT2D eigenvalue weighted by molar-refractivity contribution is 0.0951. The molecule has 0 spiro atoms. The molecule has 0 radical (unpaired) electrons. The van der Waals surface area contributed by atoms with Crippen LogP contribution in [0.25, 0.3) is 21.8 Å². The molecule has 0 fully saturated rings. The second-order valence-corrected chi connectivity index (χ2v) is 7.21. The van der Waals surface area contributed by atoms with Crippen LogP contribution >= 0.6 is 23.1 Å². The Hall–Kier alpha value is -2.04. The van der Waals surface area contributed by atoms with E-state index in [1.54, 1.807) is 23.1 Å². The second kappa shape index (κ2) is 5.63. The monoisotopic (exact) mass is 323 g/mol. The standard InChI is InChI=1S/C18H13NOS2/c20-17(12-22-18-10-5-11-21-18)19-15-8-3-1-6-13(15)14-7-2-4-9-16(14)19/h1-11H,12H2. The van der Waals surface area contributed by atoms with Crippen LogP contribution in [0, 0.1) is 0 Å². The highest BCUT2D eigenvalue weighted by Gasteiger charge is 2.15. The molecule has 4 heteroatoms. The summed E-state index contributed by atoms with van der Waals surface area (Å²) in [6.07, 6.45) is 0. The predicted molar refractivity (Wildman–Crippen MR) is 95.1 cm³/mol. The number of nitrogens with zero attached hydrogens (tertiary/aromatic N) is 1. The molecule has 0 aliphatic carbocycles. The molecule has 0 amide bonds. The van der Waals surface area contributed by atoms with E-state index in [2.05, 4.69) is 18.2 Å². The molecule has 0 bridgehead atoms. The largest absolute Gasteiger partial charge is 0.279 e. The summed E-state index contributed by atoms with van der Waals surface area (Å²) in [5.41, 5.74) is 1.97. The summed E-state index contributed by atoms with van der Waals surface area (Å²) >= 11 is 3.27. The minimum atomic E-state index is 0.121. The first-order valence-corrected chi connectivity index (χ1v) is 8.89. The fraction of sp³-hybridized carbons (Fsp3) is 0.0556. The zero-order valence-electron chi connectivity index (χ0n) is 11.7. The molecule has 0 aliphatic rings. The number of thiophene rings is 1. The predicted octanol–water partition coefficient (Wildman–Crippen LogP) is 5.29. The lowest BCUT2D eigenvalue weighted by Gasteiger charge is -2.05. The molecule has 0 saturated carbocycles. The number of rotatable bonds is 3. The van der Waals surface area contributed by atoms with E-state index in [0.717, 1.165) is 21.8 Å². The Bertz CT molecular complexity index is 900. The van der Waals surface area contributed by atoms with Crippen LogP contribution in [0.1, 0.15) is 4.79 Å². The van der Waals surface area contributed by atoms with Gasteiger partial charge in [-0.2, -0.15) is 0 Å². The molecular formula is C18H13NOS2. The molecule has 0 atom stereocenters. The van der Waals surface area contributed by atoms with Crippen molar-refractivity contribution in [2.45, 2.75) is 4.21 Å². The van der Waals surface area contributed by atoms with Crippen molar-refractivity contribution < 1.29 is 4.79 Å². The van der Waals surface area contributed by atoms with Crippen molar-refractivity contribution in [1.29, 1.82) is 0 Å². The van der Waals surface area contributed by atoms with Gasteiger partial charge in [0, 0.05) is 10.8 Å². The van der Waals surface area contributed by atoms with Crippen molar-refractivity contribution in [3.05, 3.63) is 66.0 Å². The van der Waals surface area contributed by atoms with Gasteiger partial charge in [-0.15, -0.1) is 23.1 Å². The molecule has 0 unspecified atom stereocenters. The molecule has 0 saturated heterocycles. The fourth-order valence-corrected chi connectivity index (χ4v) is 4.37. The summed E-state index contributed by atoms with van der Waals surface area (Å²) in [4.78, 5) is 12.8. The number of thioether (sulfide) groups is 1. The van der Waals surface area contributed by atoms with E-state index in [0.29, 0.717) is 5.75 Å². The van der Waals surface area contributed by atoms with Crippen LogP contribution in [0.15, 0.2) is 70.3 Å². The number of carbonyl (C=O) groups excluding carboxylic acids is 1. The maximum Gasteiger partial charge on any atom is 0.241 e. The van der Waals surface area contributed by atoms with Gasteiger partial charge in [-0.25, -0.2) is 0 Å². The molecule has 108 valence electrons. The topological polar surface area (TPSA) is 22.0 Å². The van der Waals surface area contributed by atoms with Crippen LogP contribution in [-0.2, 0) is 0 Å². The van der Waals surface area contributed by atoms with Crippen molar-refractivity contribution in [3.63, 3.8) is 0 Å². The second-order valence-electron chi connectivity index (χ2n) is 4.98. The smallest absolute Gasteiger partial charge is 0.241 e. The summed E-state index contributed by atoms with van der Waals surface area (Å²) < 4.78 is 3.03. The summed E-state index contributed by atoms with van der Waals surface area (Å²) in [6, 6.07) is 20.3. The van der Waals surface area contributed by atoms with E-state index in [1.165, 1.54) is 4.21 Å². The number of fused-ring (bicyclic) bond motifs is 3. The van der Waals surface area contributed by atoms with Gasteiger partial charge in [0.2, 0.25) is 5.91 Å². The number of carbonyl (C=O) groups is 1. The number of hydrogen-bond acceptors (Lipinski definition) is 3. The quantitative estimate of drug-likeness (QED) is 0.478. The van der Waals surface area contributed by atoms with Crippen molar-refractivity contribution in [2.75, 3.05) is 5.75 Å². The van der Waals surface area contributed by atoms with Gasteiger partial charge in [-0.1, -0.05) is 42.5 Å². The molecule has 2 aromatic carbocycles. The summed E-state index contributed by atoms with van der Waals surface area (Å²) in [6.45, 7) is 0. The van der Waals surface area contributed by atoms with Crippen LogP contribution in [0.3, 0.4) is 0 Å². The lowest BCUT2D eigenvalue weighted by atomic mass is 10.2. The van der Waals surface area contributed by atoms with Crippen molar-refractivity contribution in [1.82, 2.24) is 4.57 Å². The fourth-order valence-electron chi connectivity index (χ4n) is 2.73. The third kappa shape index (κ3) is 2.25. The average molecular weight is 323 g/mol. The average Bonchev–Trinajstić information content (AvgIpc) is 3.18. The highest BCUT2D eigenvalue weighted by Crippen LogP contribution is 2.30. The lowest BCUT2D eigenvalue weighted by Crippen LogP contribution is -2.12. The Morgan fingerprint density at radius 2 is 1.55 bits per heavy atom. The zero-order chi connectivity index (χ0) is 14.9. The SMILES string of the molecule is O=C(CSc1cccs1)n1c2ccccc2c2ccccc21. The van der Waals surface area contributed by atoms with Gasteiger partial charge in [0.25, 0.3) is 0 Å². The van der Waals surface area contributed by atoms with Crippen LogP contribution in [-0.4, -0.2) is 16.2 Å². The normalized spacial score (nSPS) is 11.3. The van der Waals surface area contributed by atoms with E-state index in [1.807, 2.05) is 52.4 Å². The van der Waals surface area contributed by atoms with E-state index < -0.39 is 0 Å². The van der Waals surface area contributed by atoms with E-state index in [4.69, 9.17) is 0 Å². The number of benzene rings is 2. The first kappa shape index (κ1) is 13.6. The van der Waals surface area contributed by atoms with Crippen LogP contribution in [0.5, 0.6) is 0 Å². The van der Waals surface area contributed by atoms with Crippen molar-refractivity contribution >= 4 is 50.8 Å². The number of aromatic nitrogens is 1. The Morgan fingerprint density at radius 1 is 0.909 bits per heavy atom. The maximum atomic E-state index is 12.8. The van der Waals surface area contributed by atoms with Crippen LogP contribution in [0.4, 0.5) is 0 Å². The van der Waals surface area contributed by atoms with Crippen LogP contribution in [0.2, 0.25) is 0 Å². The molecule has 0 N–H and O–H groups in total. The highest BCUT2D eigenvalue weighted by atomic mass is 32.2. The van der Waals surface area contributed by atoms with Gasteiger partial charge >= 0.3 is 0 Å². The molecule has 2 nitrogen and oxygen atoms in total. The van der Waals surface area contributed by atoms with Gasteiger partial charge in [-0.05, 0) is 23.6 Å². The third-order valence-electron chi connectivity index (χ3n) is 3.66. The summed E-state index contributed by atoms with van der Waals surface area (Å²) in [5, 5.41) is 4.30. The van der Waals surface area contributed by atoms with E-state index in [9.17, 15) is 4.79 Å². The summed E-state index contributed by atoms with van der Waals surface area (Å²) in [5.74, 6) is 0.569. The van der Waals surface area contributed by atoms with Crippen LogP contribution < -0.4 is 0 Å². The Kier molecular flexibility index (Phi) is 3.48. The highest BCUT2D eigenvalue weighted by molar-refractivity contribution is 8.01. The van der Waals surface area contributed by atoms with Gasteiger partial charge in [0.1, 0.15) is 0 Å². The van der Waals surface area contributed by atoms with Gasteiger partial charge < -0.3 is 0 Å². The number of hydrogen-bond donors (Lipinski definition) is 0. The van der Waals surface area contributed by atoms with Gasteiger partial charge in [0.05, 0.1) is 21.0 Å². The molecule has 2 heterocycles. The number of para-hydroxylation sites is 2. The first-order valence-electron chi connectivity index (χ1n) is 7.02. The van der Waals surface area contributed by atoms with E-state index >= 15 is 0 Å². The molecular weight excluding hydrogens is 310 g/mol. The Balaban J connectivity index is 1.80. The minimum absolute atomic E-state index is 0.121. The Morgan fingerprint density at radius 3 is 2.14 bits per heavy atom. The first-order chi connectivity index (χ1) is 10.8. The molecule has 4 rings (SSSR count). The molecule has 0 aliphatic heterocycles. The Labute approximate surface area is 136 Å². The zero-order valence-corrected chi connectivity index (χ0v) is 13.4. The third-order valence-corrected chi connectivity index (χ3v) is 5.78. The van der Waals surface area contributed by atoms with Gasteiger partial charge in [0.15, 0.2) is 0 Å². The minimum Gasteiger partial charge on any atom is -0.279 e. The molecule has 22 heavy (non-hydrogen) atoms. The van der Waals surface area contributed by atoms with E-state index in [-0.39, 0.29) is 5.91 Å². The maximum absolute atomic E-state index is 12.8. The van der Waals surface area contributed by atoms with Crippen molar-refractivity contribution in [3.8, 4) is 0 Å². The van der Waals surface area contributed by atoms with Gasteiger partial charge in [-0.3, -0.25) is 9.36 Å². The molecule has 2 aromatic heterocycles. The molecule has 4 aromatic rings.